The Morgan fingerprint density at radius 3 is 2.22 bits per heavy atom. The molecule has 0 aliphatic carbocycles. The van der Waals surface area contributed by atoms with E-state index in [1.165, 1.54) is 12.1 Å². The summed E-state index contributed by atoms with van der Waals surface area (Å²) < 4.78 is 41.9. The molecule has 144 valence electrons. The highest BCUT2D eigenvalue weighted by molar-refractivity contribution is 6.36. The van der Waals surface area contributed by atoms with Crippen molar-refractivity contribution in [3.05, 3.63) is 68.8 Å². The molecule has 1 aromatic heterocycles. The molecule has 1 nitrogen and oxygen atoms in total. The van der Waals surface area contributed by atoms with E-state index in [1.807, 2.05) is 24.5 Å². The van der Waals surface area contributed by atoms with Gasteiger partial charge in [0.1, 0.15) is 0 Å². The lowest BCUT2D eigenvalue weighted by Gasteiger charge is -2.16. The van der Waals surface area contributed by atoms with Crippen LogP contribution in [0, 0.1) is 12.8 Å². The molecule has 0 unspecified atom stereocenters. The molecule has 0 fully saturated rings. The van der Waals surface area contributed by atoms with E-state index in [9.17, 15) is 13.2 Å². The van der Waals surface area contributed by atoms with Gasteiger partial charge in [-0.3, -0.25) is 0 Å². The van der Waals surface area contributed by atoms with E-state index in [2.05, 4.69) is 0 Å². The van der Waals surface area contributed by atoms with Gasteiger partial charge in [-0.05, 0) is 54.3 Å². The number of fused-ring (bicyclic) bond motifs is 1. The molecular formula is C21H20Cl2F3N. The summed E-state index contributed by atoms with van der Waals surface area (Å²) in [4.78, 5) is 0. The van der Waals surface area contributed by atoms with Crippen LogP contribution in [0.5, 0.6) is 0 Å². The molecule has 0 N–H and O–H groups in total. The molecule has 6 heteroatoms. The molecule has 3 rings (SSSR count). The Labute approximate surface area is 166 Å². The summed E-state index contributed by atoms with van der Waals surface area (Å²) in [5.74, 6) is 0.274. The molecular weight excluding hydrogens is 394 g/mol. The van der Waals surface area contributed by atoms with Gasteiger partial charge in [0.2, 0.25) is 0 Å². The fraction of sp³-hybridized carbons (Fsp3) is 0.333. The Morgan fingerprint density at radius 2 is 1.67 bits per heavy atom. The first-order valence-corrected chi connectivity index (χ1v) is 9.46. The predicted octanol–water partition coefficient (Wildman–Crippen LogP) is 7.52. The third-order valence-electron chi connectivity index (χ3n) is 4.61. The van der Waals surface area contributed by atoms with Gasteiger partial charge < -0.3 is 4.57 Å². The molecule has 0 bridgehead atoms. The first-order valence-electron chi connectivity index (χ1n) is 8.70. The van der Waals surface area contributed by atoms with Gasteiger partial charge >= 0.3 is 6.18 Å². The Bertz CT molecular complexity index is 967. The molecule has 0 amide bonds. The van der Waals surface area contributed by atoms with Crippen LogP contribution in [0.2, 0.25) is 10.0 Å². The average Bonchev–Trinajstić information content (AvgIpc) is 2.88. The zero-order valence-electron chi connectivity index (χ0n) is 15.3. The number of nitrogens with zero attached hydrogens (tertiary/aromatic N) is 1. The maximum Gasteiger partial charge on any atom is 0.416 e. The van der Waals surface area contributed by atoms with Crippen molar-refractivity contribution in [2.75, 3.05) is 0 Å². The van der Waals surface area contributed by atoms with Crippen molar-refractivity contribution in [2.45, 2.75) is 39.9 Å². The molecule has 0 radical (unpaired) electrons. The Hall–Kier alpha value is -1.65. The summed E-state index contributed by atoms with van der Waals surface area (Å²) in [5.41, 5.74) is 2.25. The van der Waals surface area contributed by atoms with Gasteiger partial charge in [0.25, 0.3) is 0 Å². The number of halogens is 5. The van der Waals surface area contributed by atoms with Gasteiger partial charge in [0.05, 0.1) is 5.56 Å². The molecule has 3 aromatic rings. The highest BCUT2D eigenvalue weighted by Crippen LogP contribution is 2.36. The first kappa shape index (κ1) is 20.1. The minimum absolute atomic E-state index is 0.274. The van der Waals surface area contributed by atoms with Crippen LogP contribution in [-0.4, -0.2) is 4.57 Å². The van der Waals surface area contributed by atoms with E-state index in [4.69, 9.17) is 23.2 Å². The fourth-order valence-corrected chi connectivity index (χ4v) is 3.89. The van der Waals surface area contributed by atoms with Crippen LogP contribution in [0.15, 0.2) is 36.4 Å². The van der Waals surface area contributed by atoms with Crippen LogP contribution in [0.4, 0.5) is 13.2 Å². The van der Waals surface area contributed by atoms with Gasteiger partial charge in [-0.1, -0.05) is 43.1 Å². The zero-order chi connectivity index (χ0) is 19.9. The summed E-state index contributed by atoms with van der Waals surface area (Å²) in [7, 11) is 0. The number of hydrogen-bond donors (Lipinski definition) is 0. The van der Waals surface area contributed by atoms with Crippen molar-refractivity contribution in [1.29, 1.82) is 0 Å². The second kappa shape index (κ2) is 7.40. The highest BCUT2D eigenvalue weighted by Gasteiger charge is 2.31. The zero-order valence-corrected chi connectivity index (χ0v) is 16.8. The average molecular weight is 414 g/mol. The van der Waals surface area contributed by atoms with Crippen molar-refractivity contribution >= 4 is 34.1 Å². The maximum absolute atomic E-state index is 13.3. The van der Waals surface area contributed by atoms with Crippen LogP contribution >= 0.6 is 23.2 Å². The van der Waals surface area contributed by atoms with E-state index in [1.54, 1.807) is 25.1 Å². The van der Waals surface area contributed by atoms with Crippen molar-refractivity contribution in [3.63, 3.8) is 0 Å². The van der Waals surface area contributed by atoms with Crippen molar-refractivity contribution in [2.24, 2.45) is 5.92 Å². The van der Waals surface area contributed by atoms with E-state index in [0.717, 1.165) is 16.6 Å². The summed E-state index contributed by atoms with van der Waals surface area (Å²) in [6, 6.07) is 9.71. The number of rotatable bonds is 4. The Balaban J connectivity index is 2.21. The molecule has 0 atom stereocenters. The summed E-state index contributed by atoms with van der Waals surface area (Å²) in [6.45, 7) is 6.41. The van der Waals surface area contributed by atoms with Crippen LogP contribution in [0.1, 0.15) is 36.2 Å². The lowest BCUT2D eigenvalue weighted by molar-refractivity contribution is -0.137. The lowest BCUT2D eigenvalue weighted by atomic mass is 10.1. The van der Waals surface area contributed by atoms with Gasteiger partial charge in [-0.2, -0.15) is 13.2 Å². The van der Waals surface area contributed by atoms with Crippen molar-refractivity contribution in [1.82, 2.24) is 4.57 Å². The highest BCUT2D eigenvalue weighted by atomic mass is 35.5. The van der Waals surface area contributed by atoms with E-state index in [0.29, 0.717) is 34.1 Å². The van der Waals surface area contributed by atoms with E-state index >= 15 is 0 Å². The lowest BCUT2D eigenvalue weighted by Crippen LogP contribution is -2.10. The van der Waals surface area contributed by atoms with Crippen LogP contribution in [0.3, 0.4) is 0 Å². The monoisotopic (exact) mass is 413 g/mol. The molecule has 0 aliphatic heterocycles. The quantitative estimate of drug-likeness (QED) is 0.416. The van der Waals surface area contributed by atoms with Gasteiger partial charge in [0, 0.05) is 39.6 Å². The largest absolute Gasteiger partial charge is 0.416 e. The van der Waals surface area contributed by atoms with Gasteiger partial charge in [0.15, 0.2) is 0 Å². The topological polar surface area (TPSA) is 4.93 Å². The third-order valence-corrected chi connectivity index (χ3v) is 5.32. The maximum atomic E-state index is 13.3. The number of benzene rings is 2. The van der Waals surface area contributed by atoms with Crippen molar-refractivity contribution < 1.29 is 13.2 Å². The number of alkyl halides is 3. The van der Waals surface area contributed by atoms with Crippen molar-refractivity contribution in [3.8, 4) is 0 Å². The molecule has 0 aliphatic rings. The number of aryl methyl sites for hydroxylation is 1. The Kier molecular flexibility index (Phi) is 5.51. The first-order chi connectivity index (χ1) is 12.6. The van der Waals surface area contributed by atoms with Crippen LogP contribution < -0.4 is 0 Å². The van der Waals surface area contributed by atoms with Gasteiger partial charge in [-0.25, -0.2) is 0 Å². The summed E-state index contributed by atoms with van der Waals surface area (Å²) in [5, 5.41) is 1.93. The number of aromatic nitrogens is 1. The fourth-order valence-electron chi connectivity index (χ4n) is 3.36. The minimum Gasteiger partial charge on any atom is -0.344 e. The second-order valence-corrected chi connectivity index (χ2v) is 8.06. The molecule has 1 heterocycles. The molecule has 2 aromatic carbocycles. The standard InChI is InChI=1S/C21H20Cl2F3N/c1-12(2)11-27-15(10-17-18(22)5-4-6-19(17)23)9-16-13(3)7-14(8-20(16)27)21(24,25)26/h4-9,12H,10-11H2,1-3H3. The minimum atomic E-state index is -4.38. The molecule has 0 spiro atoms. The third kappa shape index (κ3) is 4.12. The SMILES string of the molecule is Cc1cc(C(F)(F)F)cc2c1cc(Cc1c(Cl)cccc1Cl)n2CC(C)C. The Morgan fingerprint density at radius 1 is 1.04 bits per heavy atom. The molecule has 27 heavy (non-hydrogen) atoms. The summed E-state index contributed by atoms with van der Waals surface area (Å²) in [6.07, 6.45) is -3.92. The normalized spacial score (nSPS) is 12.3. The number of hydrogen-bond acceptors (Lipinski definition) is 0. The van der Waals surface area contributed by atoms with E-state index in [-0.39, 0.29) is 5.92 Å². The van der Waals surface area contributed by atoms with Crippen LogP contribution in [-0.2, 0) is 19.1 Å². The van der Waals surface area contributed by atoms with Gasteiger partial charge in [-0.15, -0.1) is 0 Å². The molecule has 0 saturated heterocycles. The smallest absolute Gasteiger partial charge is 0.344 e. The van der Waals surface area contributed by atoms with E-state index < -0.39 is 11.7 Å². The predicted molar refractivity (Wildman–Crippen MR) is 106 cm³/mol. The molecule has 0 saturated carbocycles. The second-order valence-electron chi connectivity index (χ2n) is 7.24. The summed E-state index contributed by atoms with van der Waals surface area (Å²) >= 11 is 12.6. The van der Waals surface area contributed by atoms with Crippen LogP contribution in [0.25, 0.3) is 10.9 Å².